The van der Waals surface area contributed by atoms with Crippen LogP contribution in [0.5, 0.6) is 0 Å². The van der Waals surface area contributed by atoms with Gasteiger partial charge >= 0.3 is 0 Å². The summed E-state index contributed by atoms with van der Waals surface area (Å²) in [5.41, 5.74) is 0. The molecule has 1 amide bonds. The van der Waals surface area contributed by atoms with Gasteiger partial charge in [-0.3, -0.25) is 4.79 Å². The van der Waals surface area contributed by atoms with Crippen molar-refractivity contribution >= 4 is 52.7 Å². The van der Waals surface area contributed by atoms with E-state index in [0.717, 1.165) is 0 Å². The molecule has 1 aliphatic rings. The first kappa shape index (κ1) is 9.52. The van der Waals surface area contributed by atoms with Crippen molar-refractivity contribution in [1.82, 2.24) is 5.32 Å². The third-order valence-corrected chi connectivity index (χ3v) is 1.32. The van der Waals surface area contributed by atoms with Gasteiger partial charge in [0.1, 0.15) is 11.1 Å². The standard InChI is InChI=1S/C4H5NO2S.Na/c6-2-1-3(7)5-4(2)8;/h2,6H,1H2,(H,5,7,8);. The number of aliphatic hydroxyl groups is 1. The van der Waals surface area contributed by atoms with Crippen LogP contribution >= 0.6 is 12.2 Å². The van der Waals surface area contributed by atoms with Crippen molar-refractivity contribution in [2.75, 3.05) is 0 Å². The Morgan fingerprint density at radius 2 is 2.33 bits per heavy atom. The van der Waals surface area contributed by atoms with Gasteiger partial charge in [-0.15, -0.1) is 0 Å². The van der Waals surface area contributed by atoms with Crippen LogP contribution in [0.2, 0.25) is 0 Å². The van der Waals surface area contributed by atoms with E-state index >= 15 is 0 Å². The predicted octanol–water partition coefficient (Wildman–Crippen LogP) is -1.19. The molecule has 9 heavy (non-hydrogen) atoms. The molecule has 45 valence electrons. The summed E-state index contributed by atoms with van der Waals surface area (Å²) < 4.78 is 0. The van der Waals surface area contributed by atoms with Crippen molar-refractivity contribution < 1.29 is 9.90 Å². The van der Waals surface area contributed by atoms with E-state index in [-0.39, 0.29) is 46.9 Å². The van der Waals surface area contributed by atoms with Crippen LogP contribution in [0.25, 0.3) is 0 Å². The van der Waals surface area contributed by atoms with Crippen LogP contribution in [0.4, 0.5) is 0 Å². The van der Waals surface area contributed by atoms with E-state index in [2.05, 4.69) is 17.5 Å². The second-order valence-electron chi connectivity index (χ2n) is 1.63. The minimum Gasteiger partial charge on any atom is -0.385 e. The van der Waals surface area contributed by atoms with Gasteiger partial charge in [-0.1, -0.05) is 12.2 Å². The molecule has 3 nitrogen and oxygen atoms in total. The number of hydrogen-bond donors (Lipinski definition) is 2. The minimum absolute atomic E-state index is 0. The number of thiocarbonyl (C=S) groups is 1. The van der Waals surface area contributed by atoms with E-state index in [4.69, 9.17) is 5.11 Å². The first-order valence-corrected chi connectivity index (χ1v) is 2.63. The van der Waals surface area contributed by atoms with E-state index in [1.165, 1.54) is 0 Å². The topological polar surface area (TPSA) is 49.3 Å². The van der Waals surface area contributed by atoms with Crippen molar-refractivity contribution in [1.29, 1.82) is 0 Å². The molecule has 0 spiro atoms. The Hall–Kier alpha value is 0.520. The van der Waals surface area contributed by atoms with Gasteiger partial charge in [-0.2, -0.15) is 0 Å². The van der Waals surface area contributed by atoms with Gasteiger partial charge in [-0.25, -0.2) is 0 Å². The van der Waals surface area contributed by atoms with Gasteiger partial charge in [0.25, 0.3) is 0 Å². The molecule has 1 rings (SSSR count). The Labute approximate surface area is 80.1 Å². The Bertz CT molecular complexity index is 150. The monoisotopic (exact) mass is 154 g/mol. The fraction of sp³-hybridized carbons (Fsp3) is 0.500. The largest absolute Gasteiger partial charge is 0.385 e. The molecule has 5 heteroatoms. The molecule has 0 saturated carbocycles. The summed E-state index contributed by atoms with van der Waals surface area (Å²) in [5.74, 6) is -0.192. The van der Waals surface area contributed by atoms with Gasteiger partial charge in [0.15, 0.2) is 0 Å². The van der Waals surface area contributed by atoms with Gasteiger partial charge in [0, 0.05) is 29.6 Å². The fourth-order valence-electron chi connectivity index (χ4n) is 0.540. The molecule has 0 bridgehead atoms. The zero-order valence-electron chi connectivity index (χ0n) is 5.05. The van der Waals surface area contributed by atoms with Crippen LogP contribution in [-0.2, 0) is 4.79 Å². The minimum atomic E-state index is -0.738. The van der Waals surface area contributed by atoms with Crippen molar-refractivity contribution in [2.45, 2.75) is 12.5 Å². The van der Waals surface area contributed by atoms with Crippen molar-refractivity contribution in [3.63, 3.8) is 0 Å². The molecule has 1 fully saturated rings. The summed E-state index contributed by atoms with van der Waals surface area (Å²) >= 11 is 4.54. The van der Waals surface area contributed by atoms with Gasteiger partial charge in [-0.05, 0) is 0 Å². The zero-order chi connectivity index (χ0) is 6.15. The smallest absolute Gasteiger partial charge is 0.227 e. The normalized spacial score (nSPS) is 25.2. The molecule has 0 aromatic heterocycles. The SMILES string of the molecule is O=C1CC(O)C(=S)N1.[Na]. The number of hydrogen-bond acceptors (Lipinski definition) is 3. The number of nitrogens with one attached hydrogen (secondary N) is 1. The third kappa shape index (κ3) is 2.31. The molecule has 1 saturated heterocycles. The molecule has 0 aliphatic carbocycles. The number of carbonyl (C=O) groups excluding carboxylic acids is 1. The number of carbonyl (C=O) groups is 1. The molecule has 1 radical (unpaired) electrons. The van der Waals surface area contributed by atoms with Gasteiger partial charge < -0.3 is 10.4 Å². The summed E-state index contributed by atoms with van der Waals surface area (Å²) in [5, 5.41) is 11.1. The Morgan fingerprint density at radius 3 is 2.44 bits per heavy atom. The van der Waals surface area contributed by atoms with Crippen LogP contribution in [0, 0.1) is 0 Å². The fourth-order valence-corrected chi connectivity index (χ4v) is 0.737. The van der Waals surface area contributed by atoms with Gasteiger partial charge in [0.05, 0.1) is 6.42 Å². The number of amides is 1. The Balaban J connectivity index is 0.000000640. The first-order chi connectivity index (χ1) is 3.70. The number of rotatable bonds is 0. The maximum Gasteiger partial charge on any atom is 0.227 e. The molecule has 1 aliphatic heterocycles. The van der Waals surface area contributed by atoms with Crippen LogP contribution in [0.15, 0.2) is 0 Å². The first-order valence-electron chi connectivity index (χ1n) is 2.22. The predicted molar refractivity (Wildman–Crippen MR) is 37.1 cm³/mol. The van der Waals surface area contributed by atoms with Crippen LogP contribution < -0.4 is 5.32 Å². The molecular weight excluding hydrogens is 149 g/mol. The van der Waals surface area contributed by atoms with Crippen molar-refractivity contribution in [3.05, 3.63) is 0 Å². The third-order valence-electron chi connectivity index (χ3n) is 0.944. The van der Waals surface area contributed by atoms with Crippen molar-refractivity contribution in [3.8, 4) is 0 Å². The van der Waals surface area contributed by atoms with E-state index in [9.17, 15) is 4.79 Å². The maximum atomic E-state index is 10.3. The zero-order valence-corrected chi connectivity index (χ0v) is 7.86. The van der Waals surface area contributed by atoms with E-state index in [0.29, 0.717) is 0 Å². The van der Waals surface area contributed by atoms with Gasteiger partial charge in [0.2, 0.25) is 5.91 Å². The molecule has 0 aromatic rings. The van der Waals surface area contributed by atoms with E-state index < -0.39 is 6.10 Å². The average Bonchev–Trinajstić information content (AvgIpc) is 1.85. The second-order valence-corrected chi connectivity index (χ2v) is 2.07. The summed E-state index contributed by atoms with van der Waals surface area (Å²) in [4.78, 5) is 10.6. The summed E-state index contributed by atoms with van der Waals surface area (Å²) in [6.07, 6.45) is -0.615. The summed E-state index contributed by atoms with van der Waals surface area (Å²) in [6.45, 7) is 0. The molecule has 0 aromatic carbocycles. The summed E-state index contributed by atoms with van der Waals surface area (Å²) in [7, 11) is 0. The quantitative estimate of drug-likeness (QED) is 0.341. The molecule has 2 N–H and O–H groups in total. The maximum absolute atomic E-state index is 10.3. The van der Waals surface area contributed by atoms with E-state index in [1.807, 2.05) is 0 Å². The van der Waals surface area contributed by atoms with Crippen LogP contribution in [0.3, 0.4) is 0 Å². The van der Waals surface area contributed by atoms with Crippen LogP contribution in [0.1, 0.15) is 6.42 Å². The average molecular weight is 154 g/mol. The van der Waals surface area contributed by atoms with Crippen LogP contribution in [-0.4, -0.2) is 51.7 Å². The molecule has 1 unspecified atom stereocenters. The molecular formula is C4H5NNaO2S. The Morgan fingerprint density at radius 1 is 1.78 bits per heavy atom. The molecule has 1 atom stereocenters. The summed E-state index contributed by atoms with van der Waals surface area (Å²) in [6, 6.07) is 0. The molecule has 1 heterocycles. The second kappa shape index (κ2) is 3.63. The van der Waals surface area contributed by atoms with E-state index in [1.54, 1.807) is 0 Å². The Kier molecular flexibility index (Phi) is 3.84. The van der Waals surface area contributed by atoms with Crippen molar-refractivity contribution in [2.24, 2.45) is 0 Å². The number of aliphatic hydroxyl groups excluding tert-OH is 1.